The third kappa shape index (κ3) is 4.79. The Balaban J connectivity index is 1.71. The lowest BCUT2D eigenvalue weighted by atomic mass is 9.76. The minimum atomic E-state index is -0.323. The molecular formula is C27H24Cl2N2O. The van der Waals surface area contributed by atoms with Crippen molar-refractivity contribution in [2.24, 2.45) is 5.92 Å². The highest BCUT2D eigenvalue weighted by Gasteiger charge is 2.33. The zero-order valence-electron chi connectivity index (χ0n) is 17.9. The average molecular weight is 463 g/mol. The molecule has 1 aromatic heterocycles. The summed E-state index contributed by atoms with van der Waals surface area (Å²) < 4.78 is 0. The van der Waals surface area contributed by atoms with E-state index in [0.29, 0.717) is 15.7 Å². The van der Waals surface area contributed by atoms with E-state index >= 15 is 0 Å². The van der Waals surface area contributed by atoms with Crippen molar-refractivity contribution in [3.05, 3.63) is 106 Å². The van der Waals surface area contributed by atoms with Crippen molar-refractivity contribution < 1.29 is 4.79 Å². The molecule has 162 valence electrons. The van der Waals surface area contributed by atoms with E-state index in [1.807, 2.05) is 78.9 Å². The minimum Gasteiger partial charge on any atom is -0.324 e. The molecule has 0 aliphatic rings. The number of carbonyl (C=O) groups is 1. The summed E-state index contributed by atoms with van der Waals surface area (Å²) in [6.07, 6.45) is 1.74. The van der Waals surface area contributed by atoms with Crippen LogP contribution in [0.2, 0.25) is 10.0 Å². The predicted molar refractivity (Wildman–Crippen MR) is 134 cm³/mol. The first kappa shape index (κ1) is 22.3. The van der Waals surface area contributed by atoms with E-state index in [4.69, 9.17) is 23.2 Å². The van der Waals surface area contributed by atoms with Gasteiger partial charge in [-0.2, -0.15) is 0 Å². The lowest BCUT2D eigenvalue weighted by Crippen LogP contribution is -2.31. The van der Waals surface area contributed by atoms with Crippen molar-refractivity contribution in [2.75, 3.05) is 5.32 Å². The van der Waals surface area contributed by atoms with E-state index in [2.05, 4.69) is 24.1 Å². The third-order valence-corrected chi connectivity index (χ3v) is 6.57. The van der Waals surface area contributed by atoms with Crippen molar-refractivity contribution >= 4 is 45.7 Å². The van der Waals surface area contributed by atoms with Crippen LogP contribution >= 0.6 is 23.2 Å². The van der Waals surface area contributed by atoms with Gasteiger partial charge in [0, 0.05) is 21.6 Å². The van der Waals surface area contributed by atoms with E-state index in [1.165, 1.54) is 0 Å². The molecule has 1 unspecified atom stereocenters. The van der Waals surface area contributed by atoms with Gasteiger partial charge in [-0.15, -0.1) is 0 Å². The maximum Gasteiger partial charge on any atom is 0.228 e. The maximum absolute atomic E-state index is 13.7. The molecule has 32 heavy (non-hydrogen) atoms. The number of hydrogen-bond donors (Lipinski definition) is 1. The Hall–Kier alpha value is -2.88. The Labute approximate surface area is 198 Å². The zero-order chi connectivity index (χ0) is 22.7. The number of nitrogens with one attached hydrogen (secondary N) is 1. The van der Waals surface area contributed by atoms with Crippen LogP contribution in [0.5, 0.6) is 0 Å². The zero-order valence-corrected chi connectivity index (χ0v) is 19.4. The molecule has 0 saturated carbocycles. The van der Waals surface area contributed by atoms with Crippen LogP contribution in [0.25, 0.3) is 10.9 Å². The van der Waals surface area contributed by atoms with Crippen LogP contribution in [0.15, 0.2) is 85.1 Å². The summed E-state index contributed by atoms with van der Waals surface area (Å²) >= 11 is 12.2. The van der Waals surface area contributed by atoms with Gasteiger partial charge >= 0.3 is 0 Å². The molecule has 1 heterocycles. The summed E-state index contributed by atoms with van der Waals surface area (Å²) in [4.78, 5) is 18.2. The summed E-state index contributed by atoms with van der Waals surface area (Å²) in [7, 11) is 0. The number of hydrogen-bond acceptors (Lipinski definition) is 2. The quantitative estimate of drug-likeness (QED) is 0.318. The number of fused-ring (bicyclic) bond motifs is 1. The Kier molecular flexibility index (Phi) is 6.78. The fourth-order valence-electron chi connectivity index (χ4n) is 4.26. The van der Waals surface area contributed by atoms with Gasteiger partial charge in [0.15, 0.2) is 0 Å². The van der Waals surface area contributed by atoms with Gasteiger partial charge in [0.25, 0.3) is 0 Å². The highest BCUT2D eigenvalue weighted by molar-refractivity contribution is 6.30. The summed E-state index contributed by atoms with van der Waals surface area (Å²) in [5, 5.41) is 5.49. The molecular weight excluding hydrogens is 439 g/mol. The van der Waals surface area contributed by atoms with Crippen LogP contribution in [-0.4, -0.2) is 10.9 Å². The minimum absolute atomic E-state index is 0.0409. The molecule has 0 radical (unpaired) electrons. The van der Waals surface area contributed by atoms with E-state index in [1.54, 1.807) is 6.20 Å². The predicted octanol–water partition coefficient (Wildman–Crippen LogP) is 7.70. The topological polar surface area (TPSA) is 42.0 Å². The monoisotopic (exact) mass is 462 g/mol. The second-order valence-corrected chi connectivity index (χ2v) is 8.95. The molecule has 0 bridgehead atoms. The SMILES string of the molecule is C[C@H](c1ccc(Cl)cc1)C(C(=O)Nc1cccc2cccnc12)[C@@H](C)c1ccc(Cl)cc1. The Morgan fingerprint density at radius 3 is 1.88 bits per heavy atom. The lowest BCUT2D eigenvalue weighted by molar-refractivity contribution is -0.121. The van der Waals surface area contributed by atoms with Crippen molar-refractivity contribution in [3.63, 3.8) is 0 Å². The van der Waals surface area contributed by atoms with Gasteiger partial charge in [-0.1, -0.05) is 79.5 Å². The molecule has 3 aromatic carbocycles. The van der Waals surface area contributed by atoms with E-state index < -0.39 is 0 Å². The van der Waals surface area contributed by atoms with Crippen LogP contribution in [0.4, 0.5) is 5.69 Å². The summed E-state index contributed by atoms with van der Waals surface area (Å²) in [6.45, 7) is 4.17. The van der Waals surface area contributed by atoms with Crippen molar-refractivity contribution in [1.82, 2.24) is 4.98 Å². The first-order valence-corrected chi connectivity index (χ1v) is 11.3. The number of aromatic nitrogens is 1. The lowest BCUT2D eigenvalue weighted by Gasteiger charge is -2.29. The van der Waals surface area contributed by atoms with Gasteiger partial charge in [0.2, 0.25) is 5.91 Å². The number of anilines is 1. The number of amides is 1. The second kappa shape index (κ2) is 9.72. The molecule has 0 aliphatic heterocycles. The standard InChI is InChI=1S/C27H24Cl2N2O/c1-17(19-8-12-22(28)13-9-19)25(18(2)20-10-14-23(29)15-11-20)27(32)31-24-7-3-5-21-6-4-16-30-26(21)24/h3-18,25H,1-2H3,(H,31,32)/t17-,18+,25?. The van der Waals surface area contributed by atoms with Gasteiger partial charge in [0.05, 0.1) is 17.1 Å². The fourth-order valence-corrected chi connectivity index (χ4v) is 4.51. The molecule has 5 heteroatoms. The summed E-state index contributed by atoms with van der Waals surface area (Å²) in [5.74, 6) is -0.453. The van der Waals surface area contributed by atoms with Gasteiger partial charge in [0.1, 0.15) is 0 Å². The number of nitrogens with zero attached hydrogens (tertiary/aromatic N) is 1. The smallest absolute Gasteiger partial charge is 0.228 e. The number of benzene rings is 3. The molecule has 4 rings (SSSR count). The average Bonchev–Trinajstić information content (AvgIpc) is 2.80. The van der Waals surface area contributed by atoms with Crippen LogP contribution in [0.3, 0.4) is 0 Å². The van der Waals surface area contributed by atoms with Crippen LogP contribution in [0, 0.1) is 5.92 Å². The van der Waals surface area contributed by atoms with Crippen LogP contribution < -0.4 is 5.32 Å². The van der Waals surface area contributed by atoms with E-state index in [-0.39, 0.29) is 23.7 Å². The fraction of sp³-hybridized carbons (Fsp3) is 0.185. The molecule has 1 amide bonds. The molecule has 1 N–H and O–H groups in total. The van der Waals surface area contributed by atoms with Gasteiger partial charge < -0.3 is 5.32 Å². The number of halogens is 2. The summed E-state index contributed by atoms with van der Waals surface area (Å²) in [6, 6.07) is 25.1. The number of carbonyl (C=O) groups excluding carboxylic acids is 1. The Morgan fingerprint density at radius 1 is 0.781 bits per heavy atom. The molecule has 4 aromatic rings. The van der Waals surface area contributed by atoms with E-state index in [9.17, 15) is 4.79 Å². The second-order valence-electron chi connectivity index (χ2n) is 8.08. The normalized spacial score (nSPS) is 14.0. The molecule has 0 spiro atoms. The summed E-state index contributed by atoms with van der Waals surface area (Å²) in [5.41, 5.74) is 3.61. The van der Waals surface area contributed by atoms with Crippen molar-refractivity contribution in [3.8, 4) is 0 Å². The molecule has 0 fully saturated rings. The maximum atomic E-state index is 13.7. The number of pyridine rings is 1. The molecule has 3 nitrogen and oxygen atoms in total. The first-order valence-electron chi connectivity index (χ1n) is 10.6. The molecule has 3 atom stereocenters. The number of para-hydroxylation sites is 1. The number of rotatable bonds is 6. The third-order valence-electron chi connectivity index (χ3n) is 6.06. The molecule has 0 saturated heterocycles. The van der Waals surface area contributed by atoms with Crippen molar-refractivity contribution in [1.29, 1.82) is 0 Å². The highest BCUT2D eigenvalue weighted by atomic mass is 35.5. The Morgan fingerprint density at radius 2 is 1.31 bits per heavy atom. The largest absolute Gasteiger partial charge is 0.324 e. The molecule has 0 aliphatic carbocycles. The van der Waals surface area contributed by atoms with E-state index in [0.717, 1.165) is 22.0 Å². The van der Waals surface area contributed by atoms with Crippen LogP contribution in [-0.2, 0) is 4.79 Å². The van der Waals surface area contributed by atoms with Gasteiger partial charge in [-0.3, -0.25) is 9.78 Å². The van der Waals surface area contributed by atoms with Crippen molar-refractivity contribution in [2.45, 2.75) is 25.7 Å². The first-order chi connectivity index (χ1) is 15.4. The van der Waals surface area contributed by atoms with Gasteiger partial charge in [-0.25, -0.2) is 0 Å². The highest BCUT2D eigenvalue weighted by Crippen LogP contribution is 2.38. The van der Waals surface area contributed by atoms with Gasteiger partial charge in [-0.05, 0) is 59.4 Å². The Bertz CT molecular complexity index is 1170. The van der Waals surface area contributed by atoms with Crippen LogP contribution in [0.1, 0.15) is 36.8 Å².